The Morgan fingerprint density at radius 1 is 0.839 bits per heavy atom. The first-order valence-corrected chi connectivity index (χ1v) is 10.4. The lowest BCUT2D eigenvalue weighted by Crippen LogP contribution is -2.58. The summed E-state index contributed by atoms with van der Waals surface area (Å²) in [6, 6.07) is 5.15. The molecular formula is C22H34N4O5. The number of carbonyl (C=O) groups is 4. The molecule has 0 fully saturated rings. The summed E-state index contributed by atoms with van der Waals surface area (Å²) < 4.78 is 0. The maximum atomic E-state index is 12.8. The lowest BCUT2D eigenvalue weighted by molar-refractivity contribution is -0.142. The van der Waals surface area contributed by atoms with Gasteiger partial charge in [-0.25, -0.2) is 4.79 Å². The average molecular weight is 435 g/mol. The van der Waals surface area contributed by atoms with E-state index < -0.39 is 47.9 Å². The fraction of sp³-hybridized carbons (Fsp3) is 0.545. The Bertz CT molecular complexity index is 766. The summed E-state index contributed by atoms with van der Waals surface area (Å²) >= 11 is 0. The summed E-state index contributed by atoms with van der Waals surface area (Å²) in [5.41, 5.74) is 6.55. The van der Waals surface area contributed by atoms with E-state index in [1.165, 1.54) is 6.92 Å². The summed E-state index contributed by atoms with van der Waals surface area (Å²) in [5, 5.41) is 17.1. The van der Waals surface area contributed by atoms with Gasteiger partial charge in [0.25, 0.3) is 0 Å². The van der Waals surface area contributed by atoms with Gasteiger partial charge in [-0.3, -0.25) is 14.4 Å². The fourth-order valence-electron chi connectivity index (χ4n) is 2.80. The Balaban J connectivity index is 2.80. The molecule has 0 aliphatic heterocycles. The SMILES string of the molecule is CC(NC(=O)C(N)C(C)C)C(=O)NC(C(=O)NC(Cc1ccccc1)C(=O)O)C(C)C. The van der Waals surface area contributed by atoms with Crippen molar-refractivity contribution >= 4 is 23.7 Å². The van der Waals surface area contributed by atoms with Crippen LogP contribution >= 0.6 is 0 Å². The van der Waals surface area contributed by atoms with Crippen molar-refractivity contribution in [2.75, 3.05) is 0 Å². The Hall–Kier alpha value is -2.94. The highest BCUT2D eigenvalue weighted by Gasteiger charge is 2.30. The van der Waals surface area contributed by atoms with E-state index >= 15 is 0 Å². The fourth-order valence-corrected chi connectivity index (χ4v) is 2.80. The number of hydrogen-bond donors (Lipinski definition) is 5. The molecule has 6 N–H and O–H groups in total. The molecule has 0 aromatic heterocycles. The zero-order valence-corrected chi connectivity index (χ0v) is 18.7. The summed E-state index contributed by atoms with van der Waals surface area (Å²) in [7, 11) is 0. The van der Waals surface area contributed by atoms with Crippen LogP contribution in [0.2, 0.25) is 0 Å². The van der Waals surface area contributed by atoms with Crippen molar-refractivity contribution in [3.63, 3.8) is 0 Å². The second-order valence-electron chi connectivity index (χ2n) is 8.32. The monoisotopic (exact) mass is 434 g/mol. The van der Waals surface area contributed by atoms with Crippen LogP contribution in [0.4, 0.5) is 0 Å². The second kappa shape index (κ2) is 12.0. The van der Waals surface area contributed by atoms with E-state index in [4.69, 9.17) is 5.73 Å². The number of benzene rings is 1. The summed E-state index contributed by atoms with van der Waals surface area (Å²) in [6.07, 6.45) is 0.111. The number of hydrogen-bond acceptors (Lipinski definition) is 5. The second-order valence-corrected chi connectivity index (χ2v) is 8.32. The standard InChI is InChI=1S/C22H34N4O5/c1-12(2)17(23)20(28)24-14(5)19(27)26-18(13(3)4)21(29)25-16(22(30)31)11-15-9-7-6-8-10-15/h6-10,12-14,16-18H,11,23H2,1-5H3,(H,24,28)(H,25,29)(H,26,27)(H,30,31). The van der Waals surface area contributed by atoms with E-state index in [1.54, 1.807) is 52.0 Å². The lowest BCUT2D eigenvalue weighted by atomic mass is 10.0. The maximum Gasteiger partial charge on any atom is 0.326 e. The van der Waals surface area contributed by atoms with Gasteiger partial charge in [-0.05, 0) is 24.3 Å². The highest BCUT2D eigenvalue weighted by molar-refractivity contribution is 5.94. The van der Waals surface area contributed by atoms with Crippen molar-refractivity contribution < 1.29 is 24.3 Å². The number of carboxylic acids is 1. The van der Waals surface area contributed by atoms with E-state index in [2.05, 4.69) is 16.0 Å². The zero-order chi connectivity index (χ0) is 23.7. The van der Waals surface area contributed by atoms with Crippen LogP contribution in [0, 0.1) is 11.8 Å². The van der Waals surface area contributed by atoms with Crippen LogP contribution < -0.4 is 21.7 Å². The molecule has 3 amide bonds. The molecule has 0 aliphatic carbocycles. The molecular weight excluding hydrogens is 400 g/mol. The van der Waals surface area contributed by atoms with Gasteiger partial charge in [-0.1, -0.05) is 58.0 Å². The molecule has 0 spiro atoms. The number of carbonyl (C=O) groups excluding carboxylic acids is 3. The molecule has 9 nitrogen and oxygen atoms in total. The van der Waals surface area contributed by atoms with Crippen molar-refractivity contribution in [1.29, 1.82) is 0 Å². The molecule has 172 valence electrons. The molecule has 4 unspecified atom stereocenters. The number of nitrogens with two attached hydrogens (primary N) is 1. The maximum absolute atomic E-state index is 12.8. The van der Waals surface area contributed by atoms with Crippen LogP contribution in [-0.4, -0.2) is 53.0 Å². The molecule has 4 atom stereocenters. The van der Waals surface area contributed by atoms with Gasteiger partial charge in [0.1, 0.15) is 18.1 Å². The largest absolute Gasteiger partial charge is 0.480 e. The van der Waals surface area contributed by atoms with Crippen LogP contribution in [0.25, 0.3) is 0 Å². The molecule has 0 bridgehead atoms. The number of amides is 3. The van der Waals surface area contributed by atoms with Crippen LogP contribution in [0.5, 0.6) is 0 Å². The summed E-state index contributed by atoms with van der Waals surface area (Å²) in [5.74, 6) is -3.21. The first-order valence-electron chi connectivity index (χ1n) is 10.4. The average Bonchev–Trinajstić information content (AvgIpc) is 2.70. The lowest BCUT2D eigenvalue weighted by Gasteiger charge is -2.26. The molecule has 9 heteroatoms. The van der Waals surface area contributed by atoms with Crippen molar-refractivity contribution in [1.82, 2.24) is 16.0 Å². The van der Waals surface area contributed by atoms with Crippen LogP contribution in [-0.2, 0) is 25.6 Å². The van der Waals surface area contributed by atoms with Crippen LogP contribution in [0.15, 0.2) is 30.3 Å². The topological polar surface area (TPSA) is 151 Å². The third kappa shape index (κ3) is 8.37. The van der Waals surface area contributed by atoms with E-state index in [9.17, 15) is 24.3 Å². The molecule has 0 saturated heterocycles. The Kier molecular flexibility index (Phi) is 10.1. The Morgan fingerprint density at radius 2 is 1.42 bits per heavy atom. The van der Waals surface area contributed by atoms with Crippen molar-refractivity contribution in [3.8, 4) is 0 Å². The minimum atomic E-state index is -1.17. The number of rotatable bonds is 11. The molecule has 0 saturated carbocycles. The van der Waals surface area contributed by atoms with E-state index in [-0.39, 0.29) is 18.3 Å². The summed E-state index contributed by atoms with van der Waals surface area (Å²) in [6.45, 7) is 8.54. The highest BCUT2D eigenvalue weighted by Crippen LogP contribution is 2.07. The Morgan fingerprint density at radius 3 is 1.90 bits per heavy atom. The van der Waals surface area contributed by atoms with E-state index in [1.807, 2.05) is 6.07 Å². The van der Waals surface area contributed by atoms with Gasteiger partial charge in [0.05, 0.1) is 6.04 Å². The van der Waals surface area contributed by atoms with Gasteiger partial charge < -0.3 is 26.8 Å². The van der Waals surface area contributed by atoms with E-state index in [0.29, 0.717) is 0 Å². The van der Waals surface area contributed by atoms with Crippen molar-refractivity contribution in [2.24, 2.45) is 17.6 Å². The van der Waals surface area contributed by atoms with Gasteiger partial charge in [0, 0.05) is 6.42 Å². The third-order valence-electron chi connectivity index (χ3n) is 4.92. The van der Waals surface area contributed by atoms with Gasteiger partial charge in [0.15, 0.2) is 0 Å². The molecule has 0 radical (unpaired) electrons. The Labute approximate surface area is 183 Å². The summed E-state index contributed by atoms with van der Waals surface area (Å²) in [4.78, 5) is 49.0. The smallest absolute Gasteiger partial charge is 0.326 e. The molecule has 0 heterocycles. The van der Waals surface area contributed by atoms with Crippen LogP contribution in [0.3, 0.4) is 0 Å². The molecule has 0 aliphatic rings. The highest BCUT2D eigenvalue weighted by atomic mass is 16.4. The van der Waals surface area contributed by atoms with Gasteiger partial charge >= 0.3 is 5.97 Å². The van der Waals surface area contributed by atoms with Gasteiger partial charge in [-0.15, -0.1) is 0 Å². The first-order chi connectivity index (χ1) is 14.4. The molecule has 31 heavy (non-hydrogen) atoms. The normalized spacial score (nSPS) is 15.0. The predicted molar refractivity (Wildman–Crippen MR) is 117 cm³/mol. The minimum absolute atomic E-state index is 0.0954. The van der Waals surface area contributed by atoms with E-state index in [0.717, 1.165) is 5.56 Å². The van der Waals surface area contributed by atoms with Crippen molar-refractivity contribution in [3.05, 3.63) is 35.9 Å². The number of nitrogens with one attached hydrogen (secondary N) is 3. The minimum Gasteiger partial charge on any atom is -0.480 e. The predicted octanol–water partition coefficient (Wildman–Crippen LogP) is 0.427. The zero-order valence-electron chi connectivity index (χ0n) is 18.7. The van der Waals surface area contributed by atoms with Crippen LogP contribution in [0.1, 0.15) is 40.2 Å². The quantitative estimate of drug-likeness (QED) is 0.341. The molecule has 1 aromatic carbocycles. The third-order valence-corrected chi connectivity index (χ3v) is 4.92. The van der Waals surface area contributed by atoms with Crippen molar-refractivity contribution in [2.45, 2.75) is 65.2 Å². The number of carboxylic acid groups (broad SMARTS) is 1. The first kappa shape index (κ1) is 26.1. The van der Waals surface area contributed by atoms with Gasteiger partial charge in [0.2, 0.25) is 17.7 Å². The molecule has 1 aromatic rings. The van der Waals surface area contributed by atoms with Gasteiger partial charge in [-0.2, -0.15) is 0 Å². The number of aliphatic carboxylic acids is 1. The molecule has 1 rings (SSSR count).